The Morgan fingerprint density at radius 1 is 1.38 bits per heavy atom. The van der Waals surface area contributed by atoms with Crippen molar-refractivity contribution >= 4 is 5.91 Å². The van der Waals surface area contributed by atoms with E-state index in [2.05, 4.69) is 35.6 Å². The number of carbonyl (C=O) groups excluding carboxylic acids is 1. The Bertz CT molecular complexity index is 580. The first-order valence-corrected chi connectivity index (χ1v) is 9.26. The minimum Gasteiger partial charge on any atom is -0.388 e. The van der Waals surface area contributed by atoms with Gasteiger partial charge in [0.25, 0.3) is 0 Å². The zero-order valence-corrected chi connectivity index (χ0v) is 15.2. The lowest BCUT2D eigenvalue weighted by Gasteiger charge is -2.41. The summed E-state index contributed by atoms with van der Waals surface area (Å²) in [4.78, 5) is 16.6. The maximum absolute atomic E-state index is 12.5. The Morgan fingerprint density at radius 2 is 2.08 bits per heavy atom. The molecule has 2 aliphatic rings. The first-order chi connectivity index (χ1) is 11.3. The Kier molecular flexibility index (Phi) is 4.73. The van der Waals surface area contributed by atoms with Gasteiger partial charge >= 0.3 is 0 Å². The number of fused-ring (bicyclic) bond motifs is 1. The molecule has 1 amide bonds. The standard InChI is InChI=1S/C19H31N3O2/c1-18(2,3)15-4-7-19(24,8-5-15)12-21-17(23)14-6-9-22-13-20-11-16(22)10-14/h11,13-15,24H,4-10,12H2,1-3H3,(H,21,23). The molecule has 5 heteroatoms. The summed E-state index contributed by atoms with van der Waals surface area (Å²) in [5.41, 5.74) is 0.703. The molecular weight excluding hydrogens is 302 g/mol. The van der Waals surface area contributed by atoms with Crippen LogP contribution in [0, 0.1) is 17.3 Å². The molecule has 134 valence electrons. The van der Waals surface area contributed by atoms with Crippen molar-refractivity contribution in [1.82, 2.24) is 14.9 Å². The number of aryl methyl sites for hydroxylation is 1. The van der Waals surface area contributed by atoms with Crippen LogP contribution in [0.15, 0.2) is 12.5 Å². The van der Waals surface area contributed by atoms with Gasteiger partial charge in [-0.05, 0) is 43.4 Å². The minimum absolute atomic E-state index is 0.00344. The number of hydrogen-bond donors (Lipinski definition) is 2. The van der Waals surface area contributed by atoms with E-state index in [0.29, 0.717) is 17.9 Å². The van der Waals surface area contributed by atoms with Gasteiger partial charge in [0.15, 0.2) is 0 Å². The van der Waals surface area contributed by atoms with Gasteiger partial charge in [-0.2, -0.15) is 0 Å². The third-order valence-corrected chi connectivity index (χ3v) is 6.08. The maximum atomic E-state index is 12.5. The van der Waals surface area contributed by atoms with Gasteiger partial charge in [0, 0.05) is 37.3 Å². The molecular formula is C19H31N3O2. The Labute approximate surface area is 144 Å². The van der Waals surface area contributed by atoms with Gasteiger partial charge < -0.3 is 15.0 Å². The quantitative estimate of drug-likeness (QED) is 0.893. The van der Waals surface area contributed by atoms with Crippen LogP contribution in [0.1, 0.15) is 58.6 Å². The summed E-state index contributed by atoms with van der Waals surface area (Å²) in [5.74, 6) is 0.740. The Morgan fingerprint density at radius 3 is 2.75 bits per heavy atom. The van der Waals surface area contributed by atoms with Crippen LogP contribution >= 0.6 is 0 Å². The van der Waals surface area contributed by atoms with Gasteiger partial charge in [0.2, 0.25) is 5.91 Å². The van der Waals surface area contributed by atoms with E-state index in [1.807, 2.05) is 12.5 Å². The van der Waals surface area contributed by atoms with Gasteiger partial charge in [0.1, 0.15) is 0 Å². The fourth-order valence-corrected chi connectivity index (χ4v) is 4.19. The first kappa shape index (κ1) is 17.5. The average molecular weight is 333 g/mol. The van der Waals surface area contributed by atoms with E-state index in [-0.39, 0.29) is 11.8 Å². The van der Waals surface area contributed by atoms with Crippen LogP contribution in [-0.2, 0) is 17.8 Å². The molecule has 2 heterocycles. The summed E-state index contributed by atoms with van der Waals surface area (Å²) in [6, 6.07) is 0. The molecule has 0 aromatic carbocycles. The summed E-state index contributed by atoms with van der Waals surface area (Å²) in [7, 11) is 0. The van der Waals surface area contributed by atoms with Gasteiger partial charge in [-0.25, -0.2) is 4.98 Å². The van der Waals surface area contributed by atoms with Gasteiger partial charge in [-0.1, -0.05) is 20.8 Å². The fraction of sp³-hybridized carbons (Fsp3) is 0.789. The molecule has 3 rings (SSSR count). The van der Waals surface area contributed by atoms with E-state index in [1.54, 1.807) is 0 Å². The van der Waals surface area contributed by atoms with Gasteiger partial charge in [0.05, 0.1) is 11.9 Å². The molecule has 0 radical (unpaired) electrons. The predicted molar refractivity (Wildman–Crippen MR) is 93.4 cm³/mol. The molecule has 1 aromatic heterocycles. The molecule has 24 heavy (non-hydrogen) atoms. The predicted octanol–water partition coefficient (Wildman–Crippen LogP) is 2.53. The number of aliphatic hydroxyl groups is 1. The third-order valence-electron chi connectivity index (χ3n) is 6.08. The Hall–Kier alpha value is -1.36. The number of aromatic nitrogens is 2. The number of imidazole rings is 1. The molecule has 1 aromatic rings. The van der Waals surface area contributed by atoms with Crippen molar-refractivity contribution in [3.05, 3.63) is 18.2 Å². The second kappa shape index (κ2) is 6.51. The van der Waals surface area contributed by atoms with Crippen LogP contribution in [0.5, 0.6) is 0 Å². The van der Waals surface area contributed by atoms with Crippen LogP contribution in [0.3, 0.4) is 0 Å². The fourth-order valence-electron chi connectivity index (χ4n) is 4.19. The molecule has 1 fully saturated rings. The molecule has 1 atom stereocenters. The number of nitrogens with one attached hydrogen (secondary N) is 1. The zero-order valence-electron chi connectivity index (χ0n) is 15.2. The second-order valence-corrected chi connectivity index (χ2v) is 8.85. The van der Waals surface area contributed by atoms with Gasteiger partial charge in [-0.15, -0.1) is 0 Å². The SMILES string of the molecule is CC(C)(C)C1CCC(O)(CNC(=O)C2CCn3cncc3C2)CC1. The lowest BCUT2D eigenvalue weighted by Crippen LogP contribution is -2.48. The largest absolute Gasteiger partial charge is 0.388 e. The van der Waals surface area contributed by atoms with Crippen LogP contribution in [0.2, 0.25) is 0 Å². The lowest BCUT2D eigenvalue weighted by molar-refractivity contribution is -0.127. The van der Waals surface area contributed by atoms with E-state index in [0.717, 1.165) is 50.8 Å². The molecule has 5 nitrogen and oxygen atoms in total. The van der Waals surface area contributed by atoms with Gasteiger partial charge in [-0.3, -0.25) is 4.79 Å². The summed E-state index contributed by atoms with van der Waals surface area (Å²) in [5, 5.41) is 13.8. The van der Waals surface area contributed by atoms with E-state index < -0.39 is 5.60 Å². The molecule has 0 spiro atoms. The number of carbonyl (C=O) groups is 1. The number of amides is 1. The Balaban J connectivity index is 1.48. The summed E-state index contributed by atoms with van der Waals surface area (Å²) in [6.07, 6.45) is 8.92. The second-order valence-electron chi connectivity index (χ2n) is 8.85. The van der Waals surface area contributed by atoms with Crippen molar-refractivity contribution in [2.24, 2.45) is 17.3 Å². The van der Waals surface area contributed by atoms with Crippen LogP contribution < -0.4 is 5.32 Å². The average Bonchev–Trinajstić information content (AvgIpc) is 2.99. The molecule has 2 N–H and O–H groups in total. The smallest absolute Gasteiger partial charge is 0.223 e. The normalized spacial score (nSPS) is 30.7. The highest BCUT2D eigenvalue weighted by atomic mass is 16.3. The number of nitrogens with zero attached hydrogens (tertiary/aromatic N) is 2. The highest BCUT2D eigenvalue weighted by molar-refractivity contribution is 5.79. The van der Waals surface area contributed by atoms with Crippen molar-refractivity contribution in [3.63, 3.8) is 0 Å². The van der Waals surface area contributed by atoms with Crippen molar-refractivity contribution in [1.29, 1.82) is 0 Å². The molecule has 0 saturated heterocycles. The summed E-state index contributed by atoms with van der Waals surface area (Å²) in [6.45, 7) is 8.07. The minimum atomic E-state index is -0.728. The number of rotatable bonds is 3. The third kappa shape index (κ3) is 3.82. The first-order valence-electron chi connectivity index (χ1n) is 9.26. The van der Waals surface area contributed by atoms with E-state index in [1.165, 1.54) is 0 Å². The van der Waals surface area contributed by atoms with Crippen molar-refractivity contribution in [2.75, 3.05) is 6.54 Å². The molecule has 0 bridgehead atoms. The highest BCUT2D eigenvalue weighted by Gasteiger charge is 2.38. The summed E-state index contributed by atoms with van der Waals surface area (Å²) < 4.78 is 2.12. The lowest BCUT2D eigenvalue weighted by atomic mass is 9.68. The van der Waals surface area contributed by atoms with Crippen molar-refractivity contribution in [2.45, 2.75) is 71.4 Å². The van der Waals surface area contributed by atoms with Crippen molar-refractivity contribution < 1.29 is 9.90 Å². The van der Waals surface area contributed by atoms with E-state index in [9.17, 15) is 9.90 Å². The van der Waals surface area contributed by atoms with Crippen LogP contribution in [-0.4, -0.2) is 32.7 Å². The monoisotopic (exact) mass is 333 g/mol. The molecule has 1 aliphatic carbocycles. The zero-order chi connectivity index (χ0) is 17.4. The van der Waals surface area contributed by atoms with E-state index >= 15 is 0 Å². The van der Waals surface area contributed by atoms with Crippen molar-refractivity contribution in [3.8, 4) is 0 Å². The van der Waals surface area contributed by atoms with Crippen LogP contribution in [0.25, 0.3) is 0 Å². The molecule has 1 aliphatic heterocycles. The van der Waals surface area contributed by atoms with E-state index in [4.69, 9.17) is 0 Å². The highest BCUT2D eigenvalue weighted by Crippen LogP contribution is 2.41. The summed E-state index contributed by atoms with van der Waals surface area (Å²) >= 11 is 0. The molecule has 1 saturated carbocycles. The molecule has 1 unspecified atom stereocenters. The number of hydrogen-bond acceptors (Lipinski definition) is 3. The maximum Gasteiger partial charge on any atom is 0.223 e. The topological polar surface area (TPSA) is 67.2 Å². The van der Waals surface area contributed by atoms with Crippen LogP contribution in [0.4, 0.5) is 0 Å².